The van der Waals surface area contributed by atoms with Gasteiger partial charge < -0.3 is 15.0 Å². The first kappa shape index (κ1) is 15.7. The van der Waals surface area contributed by atoms with Crippen molar-refractivity contribution in [2.45, 2.75) is 13.5 Å². The third-order valence-electron chi connectivity index (χ3n) is 3.77. The van der Waals surface area contributed by atoms with Crippen LogP contribution in [0.5, 0.6) is 0 Å². The molecule has 3 aromatic heterocycles. The fourth-order valence-corrected chi connectivity index (χ4v) is 3.25. The number of carbonyl (C=O) groups is 1. The quantitative estimate of drug-likeness (QED) is 0.652. The minimum absolute atomic E-state index is 0.290. The Balaban J connectivity index is 1.75. The number of nitrogens with one attached hydrogen (secondary N) is 2. The zero-order chi connectivity index (χ0) is 17.4. The molecule has 0 radical (unpaired) electrons. The van der Waals surface area contributed by atoms with Crippen molar-refractivity contribution in [1.29, 1.82) is 0 Å². The number of H-pyrrole nitrogens is 1. The van der Waals surface area contributed by atoms with E-state index in [1.165, 1.54) is 6.33 Å². The van der Waals surface area contributed by atoms with E-state index in [-0.39, 0.29) is 6.61 Å². The third-order valence-corrected chi connectivity index (χ3v) is 4.56. The van der Waals surface area contributed by atoms with Crippen LogP contribution in [0.4, 0.5) is 11.6 Å². The standard InChI is InChI=1S/C16H13BrN6O2/c1-2-25-16(24)13-12(17)11-14(20-7-21-15(11)23-13)22-10-3-8-4-18-5-9(8)6-19-10/h3-4,6-7H,2,5H2,1H3,(H2,19,20,21,22,23). The molecule has 0 saturated carbocycles. The molecule has 0 unspecified atom stereocenters. The van der Waals surface area contributed by atoms with Gasteiger partial charge in [-0.1, -0.05) is 0 Å². The van der Waals surface area contributed by atoms with E-state index in [2.05, 4.69) is 46.2 Å². The molecule has 1 aliphatic rings. The van der Waals surface area contributed by atoms with Gasteiger partial charge in [0.1, 0.15) is 29.3 Å². The molecule has 4 rings (SSSR count). The number of rotatable bonds is 4. The molecule has 0 amide bonds. The summed E-state index contributed by atoms with van der Waals surface area (Å²) in [4.78, 5) is 32.1. The largest absolute Gasteiger partial charge is 0.461 e. The molecule has 9 heteroatoms. The molecule has 0 saturated heterocycles. The fourth-order valence-electron chi connectivity index (χ4n) is 2.61. The van der Waals surface area contributed by atoms with Crippen LogP contribution in [0.25, 0.3) is 11.0 Å². The molecule has 0 atom stereocenters. The molecule has 25 heavy (non-hydrogen) atoms. The molecule has 0 spiro atoms. The van der Waals surface area contributed by atoms with Crippen LogP contribution in [0.15, 0.2) is 28.1 Å². The molecule has 1 aliphatic heterocycles. The minimum Gasteiger partial charge on any atom is -0.461 e. The second-order valence-corrected chi connectivity index (χ2v) is 6.14. The van der Waals surface area contributed by atoms with Gasteiger partial charge in [0.2, 0.25) is 0 Å². The SMILES string of the molecule is CCOC(=O)c1[nH]c2ncnc(Nc3cc4c(cn3)CN=C4)c2c1Br. The van der Waals surface area contributed by atoms with Gasteiger partial charge in [-0.3, -0.25) is 4.99 Å². The number of nitrogens with zero attached hydrogens (tertiary/aromatic N) is 4. The van der Waals surface area contributed by atoms with E-state index in [0.717, 1.165) is 11.1 Å². The Morgan fingerprint density at radius 3 is 3.12 bits per heavy atom. The highest BCUT2D eigenvalue weighted by atomic mass is 79.9. The van der Waals surface area contributed by atoms with Gasteiger partial charge in [0, 0.05) is 23.5 Å². The lowest BCUT2D eigenvalue weighted by Crippen LogP contribution is -2.05. The van der Waals surface area contributed by atoms with E-state index in [4.69, 9.17) is 4.74 Å². The summed E-state index contributed by atoms with van der Waals surface area (Å²) < 4.78 is 5.60. The lowest BCUT2D eigenvalue weighted by molar-refractivity contribution is 0.0519. The Hall–Kier alpha value is -2.81. The molecule has 0 fully saturated rings. The van der Waals surface area contributed by atoms with E-state index in [0.29, 0.717) is 39.4 Å². The summed E-state index contributed by atoms with van der Waals surface area (Å²) in [6.07, 6.45) is 5.03. The summed E-state index contributed by atoms with van der Waals surface area (Å²) in [5, 5.41) is 3.83. The van der Waals surface area contributed by atoms with Crippen molar-refractivity contribution in [1.82, 2.24) is 19.9 Å². The van der Waals surface area contributed by atoms with Crippen LogP contribution in [0.3, 0.4) is 0 Å². The maximum atomic E-state index is 12.1. The molecule has 4 heterocycles. The lowest BCUT2D eigenvalue weighted by atomic mass is 10.2. The number of carbonyl (C=O) groups excluding carboxylic acids is 1. The van der Waals surface area contributed by atoms with Crippen molar-refractivity contribution in [3.05, 3.63) is 39.9 Å². The van der Waals surface area contributed by atoms with Crippen LogP contribution in [-0.2, 0) is 11.3 Å². The summed E-state index contributed by atoms with van der Waals surface area (Å²) in [6.45, 7) is 2.70. The van der Waals surface area contributed by atoms with E-state index in [1.54, 1.807) is 13.1 Å². The number of fused-ring (bicyclic) bond motifs is 2. The molecule has 0 aromatic carbocycles. The Labute approximate surface area is 150 Å². The Kier molecular flexibility index (Phi) is 3.92. The van der Waals surface area contributed by atoms with Gasteiger partial charge in [0.05, 0.1) is 23.0 Å². The fraction of sp³-hybridized carbons (Fsp3) is 0.188. The zero-order valence-electron chi connectivity index (χ0n) is 13.2. The third kappa shape index (κ3) is 2.76. The zero-order valence-corrected chi connectivity index (χ0v) is 14.8. The number of halogens is 1. The first-order valence-corrected chi connectivity index (χ1v) is 8.41. The van der Waals surface area contributed by atoms with Gasteiger partial charge >= 0.3 is 5.97 Å². The smallest absolute Gasteiger partial charge is 0.355 e. The molecule has 0 aliphatic carbocycles. The number of ether oxygens (including phenoxy) is 1. The number of esters is 1. The number of aromatic amines is 1. The highest BCUT2D eigenvalue weighted by Gasteiger charge is 2.21. The molecular formula is C16H13BrN6O2. The minimum atomic E-state index is -0.454. The summed E-state index contributed by atoms with van der Waals surface area (Å²) in [5.41, 5.74) is 2.94. The molecule has 0 bridgehead atoms. The average molecular weight is 401 g/mol. The lowest BCUT2D eigenvalue weighted by Gasteiger charge is -2.07. The highest BCUT2D eigenvalue weighted by Crippen LogP contribution is 2.33. The van der Waals surface area contributed by atoms with Gasteiger partial charge in [-0.05, 0) is 28.9 Å². The number of pyridine rings is 1. The monoisotopic (exact) mass is 400 g/mol. The molecule has 2 N–H and O–H groups in total. The van der Waals surface area contributed by atoms with Gasteiger partial charge in [0.15, 0.2) is 0 Å². The molecule has 8 nitrogen and oxygen atoms in total. The van der Waals surface area contributed by atoms with E-state index in [9.17, 15) is 4.79 Å². The molecular weight excluding hydrogens is 388 g/mol. The van der Waals surface area contributed by atoms with Gasteiger partial charge in [0.25, 0.3) is 0 Å². The van der Waals surface area contributed by atoms with E-state index < -0.39 is 5.97 Å². The van der Waals surface area contributed by atoms with Gasteiger partial charge in [-0.15, -0.1) is 0 Å². The first-order valence-electron chi connectivity index (χ1n) is 7.62. The summed E-state index contributed by atoms with van der Waals surface area (Å²) in [7, 11) is 0. The molecule has 3 aromatic rings. The Bertz CT molecular complexity index is 1010. The number of hydrogen-bond acceptors (Lipinski definition) is 7. The normalized spacial score (nSPS) is 12.4. The van der Waals surface area contributed by atoms with Crippen LogP contribution in [0.2, 0.25) is 0 Å². The number of anilines is 2. The number of aromatic nitrogens is 4. The van der Waals surface area contributed by atoms with Crippen LogP contribution < -0.4 is 5.32 Å². The van der Waals surface area contributed by atoms with Crippen LogP contribution >= 0.6 is 15.9 Å². The maximum Gasteiger partial charge on any atom is 0.355 e. The average Bonchev–Trinajstić information content (AvgIpc) is 3.20. The van der Waals surface area contributed by atoms with Crippen molar-refractivity contribution in [3.8, 4) is 0 Å². The van der Waals surface area contributed by atoms with Crippen molar-refractivity contribution in [2.75, 3.05) is 11.9 Å². The summed E-state index contributed by atoms with van der Waals surface area (Å²) in [5.74, 6) is 0.717. The Morgan fingerprint density at radius 2 is 2.28 bits per heavy atom. The van der Waals surface area contributed by atoms with Crippen LogP contribution in [-0.4, -0.2) is 38.7 Å². The topological polar surface area (TPSA) is 105 Å². The van der Waals surface area contributed by atoms with Crippen LogP contribution in [0.1, 0.15) is 28.5 Å². The second-order valence-electron chi connectivity index (χ2n) is 5.34. The van der Waals surface area contributed by atoms with Crippen molar-refractivity contribution in [2.24, 2.45) is 4.99 Å². The second kappa shape index (κ2) is 6.25. The molecule has 126 valence electrons. The predicted molar refractivity (Wildman–Crippen MR) is 96.4 cm³/mol. The van der Waals surface area contributed by atoms with Crippen molar-refractivity contribution in [3.63, 3.8) is 0 Å². The van der Waals surface area contributed by atoms with Gasteiger partial charge in [-0.25, -0.2) is 19.7 Å². The van der Waals surface area contributed by atoms with Crippen LogP contribution in [0, 0.1) is 0 Å². The van der Waals surface area contributed by atoms with Crippen molar-refractivity contribution < 1.29 is 9.53 Å². The number of hydrogen-bond donors (Lipinski definition) is 2. The summed E-state index contributed by atoms with van der Waals surface area (Å²) in [6, 6.07) is 1.91. The van der Waals surface area contributed by atoms with Crippen molar-refractivity contribution >= 4 is 50.8 Å². The Morgan fingerprint density at radius 1 is 1.40 bits per heavy atom. The highest BCUT2D eigenvalue weighted by molar-refractivity contribution is 9.10. The maximum absolute atomic E-state index is 12.1. The van der Waals surface area contributed by atoms with E-state index in [1.807, 2.05) is 12.3 Å². The van der Waals surface area contributed by atoms with E-state index >= 15 is 0 Å². The first-order chi connectivity index (χ1) is 12.2. The summed E-state index contributed by atoms with van der Waals surface area (Å²) >= 11 is 3.44. The van der Waals surface area contributed by atoms with Gasteiger partial charge in [-0.2, -0.15) is 0 Å². The predicted octanol–water partition coefficient (Wildman–Crippen LogP) is 2.97. The number of aliphatic imine (C=N–C) groups is 1.